The Balaban J connectivity index is 1.46. The Labute approximate surface area is 120 Å². The van der Waals surface area contributed by atoms with Gasteiger partial charge in [0.2, 0.25) is 5.91 Å². The monoisotopic (exact) mass is 276 g/mol. The molecule has 2 saturated heterocycles. The van der Waals surface area contributed by atoms with Gasteiger partial charge >= 0.3 is 0 Å². The number of aromatic nitrogens is 2. The molecule has 0 aromatic carbocycles. The summed E-state index contributed by atoms with van der Waals surface area (Å²) in [5.74, 6) is 1.68. The Bertz CT molecular complexity index is 417. The molecule has 5 heteroatoms. The zero-order chi connectivity index (χ0) is 13.8. The highest BCUT2D eigenvalue weighted by Crippen LogP contribution is 2.22. The maximum absolute atomic E-state index is 12.5. The van der Waals surface area contributed by atoms with Gasteiger partial charge in [-0.2, -0.15) is 0 Å². The molecule has 0 aliphatic carbocycles. The fraction of sp³-hybridized carbons (Fsp3) is 0.733. The van der Waals surface area contributed by atoms with Crippen molar-refractivity contribution in [2.75, 3.05) is 26.2 Å². The van der Waals surface area contributed by atoms with E-state index in [1.165, 1.54) is 19.3 Å². The minimum absolute atomic E-state index is 0.251. The lowest BCUT2D eigenvalue weighted by molar-refractivity contribution is -0.138. The Morgan fingerprint density at radius 2 is 1.95 bits per heavy atom. The smallest absolute Gasteiger partial charge is 0.225 e. The zero-order valence-electron chi connectivity index (χ0n) is 12.1. The molecule has 0 unspecified atom stereocenters. The fourth-order valence-electron chi connectivity index (χ4n) is 3.31. The third kappa shape index (κ3) is 3.20. The predicted octanol–water partition coefficient (Wildman–Crippen LogP) is 1.63. The summed E-state index contributed by atoms with van der Waals surface area (Å²) < 4.78 is 0. The van der Waals surface area contributed by atoms with Crippen LogP contribution in [-0.2, 0) is 11.3 Å². The van der Waals surface area contributed by atoms with Crippen LogP contribution in [-0.4, -0.2) is 51.9 Å². The summed E-state index contributed by atoms with van der Waals surface area (Å²) in [6.45, 7) is 4.84. The van der Waals surface area contributed by atoms with E-state index in [-0.39, 0.29) is 5.92 Å². The molecule has 20 heavy (non-hydrogen) atoms. The van der Waals surface area contributed by atoms with Crippen LogP contribution >= 0.6 is 0 Å². The molecular weight excluding hydrogens is 252 g/mol. The molecular formula is C15H24N4O. The van der Waals surface area contributed by atoms with Gasteiger partial charge in [-0.3, -0.25) is 9.69 Å². The molecule has 5 nitrogen and oxygen atoms in total. The molecule has 2 aliphatic rings. The highest BCUT2D eigenvalue weighted by Gasteiger charge is 2.29. The normalized spacial score (nSPS) is 22.1. The van der Waals surface area contributed by atoms with E-state index >= 15 is 0 Å². The summed E-state index contributed by atoms with van der Waals surface area (Å²) in [7, 11) is 0. The summed E-state index contributed by atoms with van der Waals surface area (Å²) in [6.07, 6.45) is 9.30. The van der Waals surface area contributed by atoms with Crippen molar-refractivity contribution in [2.24, 2.45) is 5.92 Å². The first kappa shape index (κ1) is 13.6. The number of H-pyrrole nitrogens is 1. The van der Waals surface area contributed by atoms with Gasteiger partial charge in [0, 0.05) is 31.4 Å². The summed E-state index contributed by atoms with van der Waals surface area (Å²) in [4.78, 5) is 24.4. The van der Waals surface area contributed by atoms with Crippen LogP contribution in [0.4, 0.5) is 0 Å². The Morgan fingerprint density at radius 1 is 1.20 bits per heavy atom. The number of amides is 1. The molecule has 0 spiro atoms. The van der Waals surface area contributed by atoms with E-state index in [9.17, 15) is 4.79 Å². The summed E-state index contributed by atoms with van der Waals surface area (Å²) >= 11 is 0. The number of carbonyl (C=O) groups is 1. The van der Waals surface area contributed by atoms with Gasteiger partial charge in [-0.1, -0.05) is 0 Å². The molecule has 0 atom stereocenters. The Hall–Kier alpha value is -1.36. The standard InChI is InChI=1S/C15H24N4O/c20-15(19-8-2-1-3-9-19)13-4-10-18(11-5-13)12-14-16-6-7-17-14/h6-7,13H,1-5,8-12H2,(H,16,17). The second-order valence-electron chi connectivity index (χ2n) is 5.97. The molecule has 2 aliphatic heterocycles. The number of nitrogens with zero attached hydrogens (tertiary/aromatic N) is 3. The largest absolute Gasteiger partial charge is 0.348 e. The van der Waals surface area contributed by atoms with Gasteiger partial charge in [-0.25, -0.2) is 4.98 Å². The van der Waals surface area contributed by atoms with Crippen LogP contribution in [0.3, 0.4) is 0 Å². The van der Waals surface area contributed by atoms with E-state index < -0.39 is 0 Å². The lowest BCUT2D eigenvalue weighted by atomic mass is 9.94. The third-order valence-electron chi connectivity index (χ3n) is 4.53. The lowest BCUT2D eigenvalue weighted by Crippen LogP contribution is -2.44. The second kappa shape index (κ2) is 6.39. The number of aromatic amines is 1. The predicted molar refractivity (Wildman–Crippen MR) is 77.0 cm³/mol. The number of rotatable bonds is 3. The molecule has 3 heterocycles. The van der Waals surface area contributed by atoms with Crippen molar-refractivity contribution < 1.29 is 4.79 Å². The van der Waals surface area contributed by atoms with Gasteiger partial charge in [0.1, 0.15) is 5.82 Å². The van der Waals surface area contributed by atoms with Gasteiger partial charge in [0.15, 0.2) is 0 Å². The molecule has 0 radical (unpaired) electrons. The van der Waals surface area contributed by atoms with Gasteiger partial charge in [0.25, 0.3) is 0 Å². The van der Waals surface area contributed by atoms with Crippen LogP contribution in [0, 0.1) is 5.92 Å². The Morgan fingerprint density at radius 3 is 2.60 bits per heavy atom. The van der Waals surface area contributed by atoms with Crippen LogP contribution in [0.2, 0.25) is 0 Å². The van der Waals surface area contributed by atoms with E-state index in [1.807, 2.05) is 6.20 Å². The highest BCUT2D eigenvalue weighted by molar-refractivity contribution is 5.79. The Kier molecular flexibility index (Phi) is 4.35. The zero-order valence-corrected chi connectivity index (χ0v) is 12.1. The lowest BCUT2D eigenvalue weighted by Gasteiger charge is -2.35. The molecule has 3 rings (SSSR count). The van der Waals surface area contributed by atoms with Gasteiger partial charge < -0.3 is 9.88 Å². The van der Waals surface area contributed by atoms with Crippen molar-refractivity contribution in [3.8, 4) is 0 Å². The van der Waals surface area contributed by atoms with Crippen LogP contribution in [0.25, 0.3) is 0 Å². The molecule has 110 valence electrons. The molecule has 1 N–H and O–H groups in total. The number of nitrogens with one attached hydrogen (secondary N) is 1. The number of hydrogen-bond acceptors (Lipinski definition) is 3. The van der Waals surface area contributed by atoms with Gasteiger partial charge in [0.05, 0.1) is 6.54 Å². The topological polar surface area (TPSA) is 52.2 Å². The first-order chi connectivity index (χ1) is 9.83. The minimum Gasteiger partial charge on any atom is -0.348 e. The third-order valence-corrected chi connectivity index (χ3v) is 4.53. The maximum atomic E-state index is 12.5. The second-order valence-corrected chi connectivity index (χ2v) is 5.97. The van der Waals surface area contributed by atoms with Crippen molar-refractivity contribution in [2.45, 2.75) is 38.6 Å². The molecule has 2 fully saturated rings. The van der Waals surface area contributed by atoms with E-state index in [1.54, 1.807) is 6.20 Å². The number of carbonyl (C=O) groups excluding carboxylic acids is 1. The van der Waals surface area contributed by atoms with Crippen molar-refractivity contribution in [3.63, 3.8) is 0 Å². The van der Waals surface area contributed by atoms with Gasteiger partial charge in [-0.15, -0.1) is 0 Å². The summed E-state index contributed by atoms with van der Waals surface area (Å²) in [5, 5.41) is 0. The molecule has 1 amide bonds. The quantitative estimate of drug-likeness (QED) is 0.913. The molecule has 0 bridgehead atoms. The van der Waals surface area contributed by atoms with Crippen molar-refractivity contribution in [3.05, 3.63) is 18.2 Å². The van der Waals surface area contributed by atoms with Crippen LogP contribution in [0.15, 0.2) is 12.4 Å². The van der Waals surface area contributed by atoms with E-state index in [0.29, 0.717) is 5.91 Å². The average Bonchev–Trinajstić information content (AvgIpc) is 3.01. The van der Waals surface area contributed by atoms with Crippen LogP contribution < -0.4 is 0 Å². The average molecular weight is 276 g/mol. The summed E-state index contributed by atoms with van der Waals surface area (Å²) in [5.41, 5.74) is 0. The molecule has 0 saturated carbocycles. The number of hydrogen-bond donors (Lipinski definition) is 1. The SMILES string of the molecule is O=C(C1CCN(Cc2ncc[nH]2)CC1)N1CCCCC1. The first-order valence-corrected chi connectivity index (χ1v) is 7.82. The first-order valence-electron chi connectivity index (χ1n) is 7.82. The maximum Gasteiger partial charge on any atom is 0.225 e. The number of likely N-dealkylation sites (tertiary alicyclic amines) is 2. The summed E-state index contributed by atoms with van der Waals surface area (Å²) in [6, 6.07) is 0. The van der Waals surface area contributed by atoms with Crippen molar-refractivity contribution >= 4 is 5.91 Å². The molecule has 1 aromatic rings. The van der Waals surface area contributed by atoms with Crippen LogP contribution in [0.5, 0.6) is 0 Å². The minimum atomic E-state index is 0.251. The van der Waals surface area contributed by atoms with E-state index in [0.717, 1.165) is 51.4 Å². The highest BCUT2D eigenvalue weighted by atomic mass is 16.2. The van der Waals surface area contributed by atoms with E-state index in [4.69, 9.17) is 0 Å². The van der Waals surface area contributed by atoms with E-state index in [2.05, 4.69) is 19.8 Å². The number of piperidine rings is 2. The van der Waals surface area contributed by atoms with Crippen LogP contribution in [0.1, 0.15) is 37.9 Å². The molecule has 1 aromatic heterocycles. The fourth-order valence-corrected chi connectivity index (χ4v) is 3.31. The number of imidazole rings is 1. The van der Waals surface area contributed by atoms with Crippen molar-refractivity contribution in [1.29, 1.82) is 0 Å². The van der Waals surface area contributed by atoms with Crippen molar-refractivity contribution in [1.82, 2.24) is 19.8 Å². The van der Waals surface area contributed by atoms with Gasteiger partial charge in [-0.05, 0) is 45.2 Å².